The minimum Gasteiger partial charge on any atom is -0.449 e. The van der Waals surface area contributed by atoms with Crippen LogP contribution in [-0.2, 0) is 6.42 Å². The number of halogens is 1. The monoisotopic (exact) mass is 321 g/mol. The highest BCUT2D eigenvalue weighted by atomic mass is 35.5. The lowest BCUT2D eigenvalue weighted by atomic mass is 10.1. The predicted octanol–water partition coefficient (Wildman–Crippen LogP) is 5.01. The first kappa shape index (κ1) is 13.3. The standard InChI is InChI=1S/C16H16ClNO2S/c1-16(2)19-12-5-3-9(7-13(12)20-16)18-11-4-6-14-10(11)8-15(17)21-14/h3,5,7-8,11,18H,4,6H2,1-2H3. The van der Waals surface area contributed by atoms with Gasteiger partial charge in [-0.05, 0) is 36.6 Å². The van der Waals surface area contributed by atoms with Crippen LogP contribution in [0.1, 0.15) is 36.8 Å². The van der Waals surface area contributed by atoms with E-state index in [1.165, 1.54) is 10.4 Å². The Morgan fingerprint density at radius 2 is 2.05 bits per heavy atom. The van der Waals surface area contributed by atoms with E-state index >= 15 is 0 Å². The van der Waals surface area contributed by atoms with Crippen LogP contribution >= 0.6 is 22.9 Å². The molecule has 21 heavy (non-hydrogen) atoms. The van der Waals surface area contributed by atoms with Crippen LogP contribution in [0.15, 0.2) is 24.3 Å². The molecule has 1 aliphatic carbocycles. The SMILES string of the molecule is CC1(C)Oc2ccc(NC3CCc4sc(Cl)cc43)cc2O1. The maximum Gasteiger partial charge on any atom is 0.246 e. The summed E-state index contributed by atoms with van der Waals surface area (Å²) in [5.74, 6) is 1.02. The lowest BCUT2D eigenvalue weighted by Gasteiger charge is -2.16. The minimum atomic E-state index is -0.581. The van der Waals surface area contributed by atoms with E-state index in [4.69, 9.17) is 21.1 Å². The van der Waals surface area contributed by atoms with Gasteiger partial charge in [-0.3, -0.25) is 0 Å². The Kier molecular flexibility index (Phi) is 2.88. The van der Waals surface area contributed by atoms with Crippen LogP contribution in [0.3, 0.4) is 0 Å². The van der Waals surface area contributed by atoms with Crippen molar-refractivity contribution in [1.29, 1.82) is 0 Å². The molecular formula is C16H16ClNO2S. The second-order valence-electron chi connectivity index (χ2n) is 5.93. The molecule has 1 aliphatic heterocycles. The van der Waals surface area contributed by atoms with Gasteiger partial charge in [0.05, 0.1) is 10.4 Å². The van der Waals surface area contributed by atoms with Crippen LogP contribution in [0.4, 0.5) is 5.69 Å². The van der Waals surface area contributed by atoms with Crippen molar-refractivity contribution in [2.24, 2.45) is 0 Å². The largest absolute Gasteiger partial charge is 0.449 e. The van der Waals surface area contributed by atoms with Crippen molar-refractivity contribution in [2.45, 2.75) is 38.5 Å². The van der Waals surface area contributed by atoms with Crippen molar-refractivity contribution >= 4 is 28.6 Å². The van der Waals surface area contributed by atoms with Gasteiger partial charge in [-0.2, -0.15) is 0 Å². The van der Waals surface area contributed by atoms with Gasteiger partial charge in [0, 0.05) is 30.5 Å². The highest BCUT2D eigenvalue weighted by Gasteiger charge is 2.32. The second kappa shape index (κ2) is 4.55. The summed E-state index contributed by atoms with van der Waals surface area (Å²) in [5, 5.41) is 3.58. The Labute approximate surface area is 132 Å². The molecule has 1 N–H and O–H groups in total. The molecule has 0 fully saturated rings. The second-order valence-corrected chi connectivity index (χ2v) is 7.70. The van der Waals surface area contributed by atoms with Crippen LogP contribution in [-0.4, -0.2) is 5.79 Å². The Morgan fingerprint density at radius 1 is 1.24 bits per heavy atom. The molecule has 0 spiro atoms. The van der Waals surface area contributed by atoms with Crippen LogP contribution in [0.5, 0.6) is 11.5 Å². The highest BCUT2D eigenvalue weighted by molar-refractivity contribution is 7.16. The van der Waals surface area contributed by atoms with Gasteiger partial charge in [-0.25, -0.2) is 0 Å². The molecule has 5 heteroatoms. The van der Waals surface area contributed by atoms with Gasteiger partial charge in [-0.1, -0.05) is 11.6 Å². The minimum absolute atomic E-state index is 0.331. The fraction of sp³-hybridized carbons (Fsp3) is 0.375. The van der Waals surface area contributed by atoms with Crippen molar-refractivity contribution < 1.29 is 9.47 Å². The van der Waals surface area contributed by atoms with Gasteiger partial charge < -0.3 is 14.8 Å². The molecule has 0 radical (unpaired) electrons. The van der Waals surface area contributed by atoms with Crippen LogP contribution in [0, 0.1) is 0 Å². The molecule has 0 saturated heterocycles. The smallest absolute Gasteiger partial charge is 0.246 e. The molecule has 2 heterocycles. The van der Waals surface area contributed by atoms with E-state index in [1.54, 1.807) is 11.3 Å². The van der Waals surface area contributed by atoms with Crippen molar-refractivity contribution in [1.82, 2.24) is 0 Å². The summed E-state index contributed by atoms with van der Waals surface area (Å²) >= 11 is 7.80. The summed E-state index contributed by atoms with van der Waals surface area (Å²) in [5.41, 5.74) is 2.39. The first-order chi connectivity index (χ1) is 10.00. The summed E-state index contributed by atoms with van der Waals surface area (Å²) in [4.78, 5) is 1.40. The van der Waals surface area contributed by atoms with Crippen molar-refractivity contribution in [2.75, 3.05) is 5.32 Å². The number of ether oxygens (including phenoxy) is 2. The van der Waals surface area contributed by atoms with Gasteiger partial charge in [0.25, 0.3) is 0 Å². The summed E-state index contributed by atoms with van der Waals surface area (Å²) in [6.07, 6.45) is 2.21. The number of benzene rings is 1. The zero-order chi connectivity index (χ0) is 14.6. The molecule has 0 amide bonds. The van der Waals surface area contributed by atoms with E-state index in [9.17, 15) is 0 Å². The normalized spacial score (nSPS) is 21.4. The summed E-state index contributed by atoms with van der Waals surface area (Å²) in [6, 6.07) is 8.42. The Hall–Kier alpha value is -1.39. The molecule has 3 nitrogen and oxygen atoms in total. The first-order valence-corrected chi connectivity index (χ1v) is 8.26. The topological polar surface area (TPSA) is 30.5 Å². The molecule has 4 rings (SSSR count). The summed E-state index contributed by atoms with van der Waals surface area (Å²) < 4.78 is 12.4. The number of nitrogens with one attached hydrogen (secondary N) is 1. The molecule has 1 unspecified atom stereocenters. The number of anilines is 1. The maximum absolute atomic E-state index is 6.11. The third-order valence-electron chi connectivity index (χ3n) is 3.84. The zero-order valence-corrected chi connectivity index (χ0v) is 13.5. The highest BCUT2D eigenvalue weighted by Crippen LogP contribution is 2.44. The van der Waals surface area contributed by atoms with E-state index in [2.05, 4.69) is 11.4 Å². The Balaban J connectivity index is 1.57. The molecule has 1 atom stereocenters. The van der Waals surface area contributed by atoms with Gasteiger partial charge in [0.1, 0.15) is 0 Å². The average Bonchev–Trinajstić information content (AvgIpc) is 3.01. The van der Waals surface area contributed by atoms with Crippen molar-refractivity contribution in [3.63, 3.8) is 0 Å². The van der Waals surface area contributed by atoms with Crippen molar-refractivity contribution in [3.05, 3.63) is 39.0 Å². The quantitative estimate of drug-likeness (QED) is 0.843. The third-order valence-corrected chi connectivity index (χ3v) is 5.18. The average molecular weight is 322 g/mol. The van der Waals surface area contributed by atoms with Crippen molar-refractivity contribution in [3.8, 4) is 11.5 Å². The molecule has 0 bridgehead atoms. The lowest BCUT2D eigenvalue weighted by Crippen LogP contribution is -2.29. The Morgan fingerprint density at radius 3 is 2.90 bits per heavy atom. The molecule has 110 valence electrons. The maximum atomic E-state index is 6.11. The van der Waals surface area contributed by atoms with Crippen LogP contribution in [0.2, 0.25) is 4.34 Å². The van der Waals surface area contributed by atoms with Gasteiger partial charge in [0.15, 0.2) is 11.5 Å². The van der Waals surface area contributed by atoms with Crippen LogP contribution < -0.4 is 14.8 Å². The van der Waals surface area contributed by atoms with Gasteiger partial charge in [0.2, 0.25) is 5.79 Å². The molecular weight excluding hydrogens is 306 g/mol. The lowest BCUT2D eigenvalue weighted by molar-refractivity contribution is -0.0431. The molecule has 1 aromatic carbocycles. The van der Waals surface area contributed by atoms with Gasteiger partial charge in [-0.15, -0.1) is 11.3 Å². The molecule has 2 aliphatic rings. The summed E-state index contributed by atoms with van der Waals surface area (Å²) in [7, 11) is 0. The van der Waals surface area contributed by atoms with E-state index in [0.29, 0.717) is 6.04 Å². The fourth-order valence-electron chi connectivity index (χ4n) is 2.99. The zero-order valence-electron chi connectivity index (χ0n) is 11.9. The van der Waals surface area contributed by atoms with Gasteiger partial charge >= 0.3 is 0 Å². The molecule has 0 saturated carbocycles. The number of hydrogen-bond donors (Lipinski definition) is 1. The first-order valence-electron chi connectivity index (χ1n) is 7.07. The van der Waals surface area contributed by atoms with E-state index in [-0.39, 0.29) is 0 Å². The number of rotatable bonds is 2. The number of aryl methyl sites for hydroxylation is 1. The fourth-order valence-corrected chi connectivity index (χ4v) is 4.35. The summed E-state index contributed by atoms with van der Waals surface area (Å²) in [6.45, 7) is 3.83. The molecule has 1 aromatic heterocycles. The van der Waals surface area contributed by atoms with E-state index in [1.807, 2.05) is 32.0 Å². The number of fused-ring (bicyclic) bond motifs is 2. The predicted molar refractivity (Wildman–Crippen MR) is 85.8 cm³/mol. The van der Waals surface area contributed by atoms with E-state index < -0.39 is 5.79 Å². The third kappa shape index (κ3) is 2.36. The number of hydrogen-bond acceptors (Lipinski definition) is 4. The van der Waals surface area contributed by atoms with Crippen LogP contribution in [0.25, 0.3) is 0 Å². The number of thiophene rings is 1. The molecule has 2 aromatic rings. The van der Waals surface area contributed by atoms with E-state index in [0.717, 1.165) is 34.4 Å². The Bertz CT molecular complexity index is 710.